The number of carbonyl (C=O) groups excluding carboxylic acids is 1. The molecule has 1 heterocycles. The van der Waals surface area contributed by atoms with Gasteiger partial charge in [-0.2, -0.15) is 0 Å². The Kier molecular flexibility index (Phi) is 5.96. The molecule has 0 radical (unpaired) electrons. The standard InChI is InChI=1S/C18H25N5OS/c1-3-25-16-10-8-14(9-11-16)21-18(24)20-13(2)17-22-19-12-23(17)15-6-4-5-7-15/h8-13,15H,3-7H2,1-2H3,(H2,20,21,24)/t13-/m1/s1. The number of nitrogens with one attached hydrogen (secondary N) is 2. The van der Waals surface area contributed by atoms with Crippen molar-refractivity contribution in [3.63, 3.8) is 0 Å². The highest BCUT2D eigenvalue weighted by Gasteiger charge is 2.23. The number of hydrogen-bond donors (Lipinski definition) is 2. The van der Waals surface area contributed by atoms with E-state index in [1.54, 1.807) is 18.1 Å². The predicted molar refractivity (Wildman–Crippen MR) is 101 cm³/mol. The van der Waals surface area contributed by atoms with Gasteiger partial charge in [-0.1, -0.05) is 19.8 Å². The lowest BCUT2D eigenvalue weighted by molar-refractivity contribution is 0.248. The lowest BCUT2D eigenvalue weighted by atomic mass is 10.2. The van der Waals surface area contributed by atoms with Gasteiger partial charge in [-0.25, -0.2) is 4.79 Å². The minimum absolute atomic E-state index is 0.196. The minimum Gasteiger partial charge on any atom is -0.328 e. The molecule has 3 rings (SSSR count). The van der Waals surface area contributed by atoms with E-state index >= 15 is 0 Å². The summed E-state index contributed by atoms with van der Waals surface area (Å²) in [5.74, 6) is 1.85. The van der Waals surface area contributed by atoms with Crippen molar-refractivity contribution < 1.29 is 4.79 Å². The van der Waals surface area contributed by atoms with Crippen molar-refractivity contribution in [3.05, 3.63) is 36.4 Å². The summed E-state index contributed by atoms with van der Waals surface area (Å²) < 4.78 is 2.12. The summed E-state index contributed by atoms with van der Waals surface area (Å²) in [4.78, 5) is 13.5. The molecule has 1 aromatic carbocycles. The van der Waals surface area contributed by atoms with Crippen molar-refractivity contribution in [2.24, 2.45) is 0 Å². The van der Waals surface area contributed by atoms with Gasteiger partial charge in [0.25, 0.3) is 0 Å². The van der Waals surface area contributed by atoms with E-state index < -0.39 is 0 Å². The molecule has 7 heteroatoms. The first-order chi connectivity index (χ1) is 12.2. The van der Waals surface area contributed by atoms with Gasteiger partial charge in [0.1, 0.15) is 6.33 Å². The van der Waals surface area contributed by atoms with Crippen LogP contribution < -0.4 is 10.6 Å². The number of nitrogens with zero attached hydrogens (tertiary/aromatic N) is 3. The third kappa shape index (κ3) is 4.54. The largest absolute Gasteiger partial charge is 0.328 e. The van der Waals surface area contributed by atoms with E-state index in [4.69, 9.17) is 0 Å². The van der Waals surface area contributed by atoms with Gasteiger partial charge in [0.15, 0.2) is 5.82 Å². The average molecular weight is 359 g/mol. The molecule has 0 unspecified atom stereocenters. The Hall–Kier alpha value is -2.02. The molecule has 0 aliphatic heterocycles. The van der Waals surface area contributed by atoms with Gasteiger partial charge in [-0.15, -0.1) is 22.0 Å². The normalized spacial score (nSPS) is 15.9. The molecule has 2 amide bonds. The Balaban J connectivity index is 1.58. The summed E-state index contributed by atoms with van der Waals surface area (Å²) in [5, 5.41) is 14.1. The maximum absolute atomic E-state index is 12.3. The molecule has 0 spiro atoms. The van der Waals surface area contributed by atoms with Gasteiger partial charge in [0, 0.05) is 16.6 Å². The lowest BCUT2D eigenvalue weighted by Gasteiger charge is -2.19. The number of urea groups is 1. The highest BCUT2D eigenvalue weighted by Crippen LogP contribution is 2.31. The Labute approximate surface area is 152 Å². The molecule has 1 fully saturated rings. The molecular formula is C18H25N5OS. The third-order valence-electron chi connectivity index (χ3n) is 4.48. The molecule has 134 valence electrons. The number of aromatic nitrogens is 3. The van der Waals surface area contributed by atoms with Crippen molar-refractivity contribution in [2.75, 3.05) is 11.1 Å². The highest BCUT2D eigenvalue weighted by atomic mass is 32.2. The molecule has 1 saturated carbocycles. The second-order valence-corrected chi connectivity index (χ2v) is 7.65. The van der Waals surface area contributed by atoms with Crippen LogP contribution in [0, 0.1) is 0 Å². The van der Waals surface area contributed by atoms with Crippen LogP contribution >= 0.6 is 11.8 Å². The predicted octanol–water partition coefficient (Wildman–Crippen LogP) is 4.39. The molecular weight excluding hydrogens is 334 g/mol. The van der Waals surface area contributed by atoms with Gasteiger partial charge < -0.3 is 15.2 Å². The van der Waals surface area contributed by atoms with Crippen LogP contribution in [0.25, 0.3) is 0 Å². The number of thioether (sulfide) groups is 1. The smallest absolute Gasteiger partial charge is 0.319 e. The fourth-order valence-electron chi connectivity index (χ4n) is 3.25. The summed E-state index contributed by atoms with van der Waals surface area (Å²) in [5.41, 5.74) is 0.780. The molecule has 1 atom stereocenters. The topological polar surface area (TPSA) is 71.8 Å². The quantitative estimate of drug-likeness (QED) is 0.751. The third-order valence-corrected chi connectivity index (χ3v) is 5.37. The number of anilines is 1. The first kappa shape index (κ1) is 17.8. The van der Waals surface area contributed by atoms with Gasteiger partial charge >= 0.3 is 6.03 Å². The van der Waals surface area contributed by atoms with Crippen LogP contribution in [0.3, 0.4) is 0 Å². The molecule has 2 N–H and O–H groups in total. The van der Waals surface area contributed by atoms with Crippen LogP contribution in [0.1, 0.15) is 57.4 Å². The molecule has 0 bridgehead atoms. The van der Waals surface area contributed by atoms with Crippen molar-refractivity contribution in [3.8, 4) is 0 Å². The van der Waals surface area contributed by atoms with E-state index in [9.17, 15) is 4.79 Å². The van der Waals surface area contributed by atoms with Crippen LogP contribution in [0.5, 0.6) is 0 Å². The van der Waals surface area contributed by atoms with E-state index in [-0.39, 0.29) is 12.1 Å². The first-order valence-corrected chi connectivity index (χ1v) is 9.85. The van der Waals surface area contributed by atoms with Crippen LogP contribution in [-0.2, 0) is 0 Å². The summed E-state index contributed by atoms with van der Waals surface area (Å²) in [6.07, 6.45) is 6.59. The summed E-state index contributed by atoms with van der Waals surface area (Å²) in [6, 6.07) is 7.91. The van der Waals surface area contributed by atoms with Gasteiger partial charge in [0.2, 0.25) is 0 Å². The van der Waals surface area contributed by atoms with Crippen molar-refractivity contribution in [2.45, 2.75) is 56.5 Å². The molecule has 1 aromatic heterocycles. The number of benzene rings is 1. The summed E-state index contributed by atoms with van der Waals surface area (Å²) in [6.45, 7) is 4.06. The van der Waals surface area contributed by atoms with Crippen LogP contribution in [0.4, 0.5) is 10.5 Å². The van der Waals surface area contributed by atoms with Gasteiger partial charge in [-0.05, 0) is 49.8 Å². The Bertz CT molecular complexity index is 694. The zero-order valence-electron chi connectivity index (χ0n) is 14.7. The van der Waals surface area contributed by atoms with Gasteiger partial charge in [0.05, 0.1) is 6.04 Å². The van der Waals surface area contributed by atoms with Crippen LogP contribution in [0.15, 0.2) is 35.5 Å². The highest BCUT2D eigenvalue weighted by molar-refractivity contribution is 7.99. The molecule has 2 aromatic rings. The minimum atomic E-state index is -0.232. The zero-order chi connectivity index (χ0) is 17.6. The molecule has 1 aliphatic carbocycles. The number of rotatable bonds is 6. The second kappa shape index (κ2) is 8.38. The molecule has 0 saturated heterocycles. The molecule has 25 heavy (non-hydrogen) atoms. The monoisotopic (exact) mass is 359 g/mol. The first-order valence-electron chi connectivity index (χ1n) is 8.87. The lowest BCUT2D eigenvalue weighted by Crippen LogP contribution is -2.32. The zero-order valence-corrected chi connectivity index (χ0v) is 15.6. The summed E-state index contributed by atoms with van der Waals surface area (Å²) >= 11 is 1.78. The van der Waals surface area contributed by atoms with Crippen LogP contribution in [0.2, 0.25) is 0 Å². The van der Waals surface area contributed by atoms with Crippen LogP contribution in [-0.4, -0.2) is 26.5 Å². The number of amides is 2. The molecule has 6 nitrogen and oxygen atoms in total. The summed E-state index contributed by atoms with van der Waals surface area (Å²) in [7, 11) is 0. The van der Waals surface area contributed by atoms with Crippen molar-refractivity contribution in [1.29, 1.82) is 0 Å². The maximum Gasteiger partial charge on any atom is 0.319 e. The average Bonchev–Trinajstić information content (AvgIpc) is 3.28. The SMILES string of the molecule is CCSc1ccc(NC(=O)N[C@H](C)c2nncn2C2CCCC2)cc1. The number of carbonyl (C=O) groups is 1. The Morgan fingerprint density at radius 2 is 2.04 bits per heavy atom. The van der Waals surface area contributed by atoms with Gasteiger partial charge in [-0.3, -0.25) is 0 Å². The Morgan fingerprint density at radius 3 is 2.72 bits per heavy atom. The fourth-order valence-corrected chi connectivity index (χ4v) is 3.92. The van der Waals surface area contributed by atoms with Crippen molar-refractivity contribution in [1.82, 2.24) is 20.1 Å². The van der Waals surface area contributed by atoms with E-state index in [1.807, 2.05) is 31.2 Å². The Morgan fingerprint density at radius 1 is 1.32 bits per heavy atom. The van der Waals surface area contributed by atoms with E-state index in [1.165, 1.54) is 17.7 Å². The number of hydrogen-bond acceptors (Lipinski definition) is 4. The van der Waals surface area contributed by atoms with E-state index in [2.05, 4.69) is 32.3 Å². The van der Waals surface area contributed by atoms with Crippen molar-refractivity contribution >= 4 is 23.5 Å². The molecule has 1 aliphatic rings. The fraction of sp³-hybridized carbons (Fsp3) is 0.500. The van der Waals surface area contributed by atoms with E-state index in [0.29, 0.717) is 6.04 Å². The van der Waals surface area contributed by atoms with E-state index in [0.717, 1.165) is 30.1 Å². The maximum atomic E-state index is 12.3. The second-order valence-electron chi connectivity index (χ2n) is 6.31.